The maximum absolute atomic E-state index is 12.5. The van der Waals surface area contributed by atoms with E-state index in [2.05, 4.69) is 20.3 Å². The van der Waals surface area contributed by atoms with E-state index in [1.165, 1.54) is 0 Å². The van der Waals surface area contributed by atoms with Crippen molar-refractivity contribution in [1.82, 2.24) is 15.4 Å². The maximum atomic E-state index is 12.5. The van der Waals surface area contributed by atoms with Crippen LogP contribution in [0.4, 0.5) is 0 Å². The van der Waals surface area contributed by atoms with E-state index in [-0.39, 0.29) is 11.0 Å². The normalized spacial score (nSPS) is 16.8. The Hall–Kier alpha value is -2.62. The molecule has 1 aliphatic rings. The number of hydrogen-bond donors (Lipinski definition) is 3. The summed E-state index contributed by atoms with van der Waals surface area (Å²) in [6.07, 6.45) is 1.83. The standard InChI is InChI=1S/C22H30N4O4S/c1-23-22(25-15-18-6-3-4-8-21(18)29-2)24-14-17-9-11-20(12-10-17)31(27,28)26-16-19-7-5-13-30-19/h3-4,6,8-12,19,26H,5,7,13-16H2,1-2H3,(H2,23,24,25). The Morgan fingerprint density at radius 3 is 2.55 bits per heavy atom. The van der Waals surface area contributed by atoms with Crippen LogP contribution in [0.25, 0.3) is 0 Å². The van der Waals surface area contributed by atoms with Crippen LogP contribution in [0.2, 0.25) is 0 Å². The summed E-state index contributed by atoms with van der Waals surface area (Å²) in [5.74, 6) is 1.45. The quantitative estimate of drug-likeness (QED) is 0.402. The highest BCUT2D eigenvalue weighted by Crippen LogP contribution is 2.17. The van der Waals surface area contributed by atoms with Crippen LogP contribution in [0, 0.1) is 0 Å². The van der Waals surface area contributed by atoms with E-state index in [4.69, 9.17) is 9.47 Å². The van der Waals surface area contributed by atoms with Gasteiger partial charge in [0.25, 0.3) is 0 Å². The minimum Gasteiger partial charge on any atom is -0.496 e. The Bertz CT molecular complexity index is 971. The van der Waals surface area contributed by atoms with Crippen LogP contribution in [0.3, 0.4) is 0 Å². The van der Waals surface area contributed by atoms with E-state index >= 15 is 0 Å². The fourth-order valence-electron chi connectivity index (χ4n) is 3.31. The molecule has 0 bridgehead atoms. The van der Waals surface area contributed by atoms with Crippen molar-refractivity contribution in [2.75, 3.05) is 27.3 Å². The van der Waals surface area contributed by atoms with Crippen molar-refractivity contribution in [3.05, 3.63) is 59.7 Å². The summed E-state index contributed by atoms with van der Waals surface area (Å²) < 4.78 is 38.4. The zero-order chi connectivity index (χ0) is 22.1. The first kappa shape index (κ1) is 23.1. The van der Waals surface area contributed by atoms with Crippen molar-refractivity contribution >= 4 is 16.0 Å². The summed E-state index contributed by atoms with van der Waals surface area (Å²) in [5, 5.41) is 6.48. The number of sulfonamides is 1. The monoisotopic (exact) mass is 446 g/mol. The molecule has 0 aromatic heterocycles. The maximum Gasteiger partial charge on any atom is 0.240 e. The summed E-state index contributed by atoms with van der Waals surface area (Å²) in [4.78, 5) is 4.47. The molecule has 1 atom stereocenters. The second-order valence-corrected chi connectivity index (χ2v) is 8.99. The van der Waals surface area contributed by atoms with Gasteiger partial charge in [-0.2, -0.15) is 0 Å². The Balaban J connectivity index is 1.50. The molecule has 1 aliphatic heterocycles. The fraction of sp³-hybridized carbons (Fsp3) is 0.409. The first-order chi connectivity index (χ1) is 15.0. The summed E-state index contributed by atoms with van der Waals surface area (Å²) >= 11 is 0. The summed E-state index contributed by atoms with van der Waals surface area (Å²) in [7, 11) is -0.197. The van der Waals surface area contributed by atoms with E-state index in [0.29, 0.717) is 32.2 Å². The molecule has 8 nitrogen and oxygen atoms in total. The molecule has 0 amide bonds. The van der Waals surface area contributed by atoms with Gasteiger partial charge in [0, 0.05) is 38.9 Å². The van der Waals surface area contributed by atoms with Gasteiger partial charge in [-0.3, -0.25) is 4.99 Å². The largest absolute Gasteiger partial charge is 0.496 e. The van der Waals surface area contributed by atoms with Crippen LogP contribution >= 0.6 is 0 Å². The van der Waals surface area contributed by atoms with E-state index in [1.54, 1.807) is 38.4 Å². The third kappa shape index (κ3) is 6.68. The number of benzene rings is 2. The van der Waals surface area contributed by atoms with Gasteiger partial charge in [-0.15, -0.1) is 0 Å². The van der Waals surface area contributed by atoms with Gasteiger partial charge in [0.1, 0.15) is 5.75 Å². The number of ether oxygens (including phenoxy) is 2. The zero-order valence-electron chi connectivity index (χ0n) is 17.9. The highest BCUT2D eigenvalue weighted by molar-refractivity contribution is 7.89. The van der Waals surface area contributed by atoms with E-state index in [0.717, 1.165) is 29.7 Å². The molecule has 0 radical (unpaired) electrons. The SMILES string of the molecule is CN=C(NCc1ccc(S(=O)(=O)NCC2CCCO2)cc1)NCc1ccccc1OC. The molecule has 1 saturated heterocycles. The number of nitrogens with zero attached hydrogens (tertiary/aromatic N) is 1. The molecule has 0 aliphatic carbocycles. The molecular weight excluding hydrogens is 416 g/mol. The Kier molecular flexibility index (Phi) is 8.27. The van der Waals surface area contributed by atoms with Crippen molar-refractivity contribution in [3.63, 3.8) is 0 Å². The van der Waals surface area contributed by atoms with Crippen molar-refractivity contribution in [3.8, 4) is 5.75 Å². The predicted molar refractivity (Wildman–Crippen MR) is 121 cm³/mol. The lowest BCUT2D eigenvalue weighted by atomic mass is 10.2. The van der Waals surface area contributed by atoms with Gasteiger partial charge in [-0.05, 0) is 36.6 Å². The molecule has 0 spiro atoms. The van der Waals surface area contributed by atoms with E-state index in [1.807, 2.05) is 24.3 Å². The van der Waals surface area contributed by atoms with Crippen LogP contribution < -0.4 is 20.1 Å². The second-order valence-electron chi connectivity index (χ2n) is 7.22. The van der Waals surface area contributed by atoms with Crippen molar-refractivity contribution in [1.29, 1.82) is 0 Å². The molecule has 1 fully saturated rings. The highest BCUT2D eigenvalue weighted by atomic mass is 32.2. The second kappa shape index (κ2) is 11.1. The lowest BCUT2D eigenvalue weighted by molar-refractivity contribution is 0.114. The molecule has 168 valence electrons. The summed E-state index contributed by atoms with van der Waals surface area (Å²) in [5.41, 5.74) is 1.97. The number of aliphatic imine (C=N–C) groups is 1. The molecule has 1 heterocycles. The highest BCUT2D eigenvalue weighted by Gasteiger charge is 2.20. The summed E-state index contributed by atoms with van der Waals surface area (Å²) in [6, 6.07) is 14.6. The van der Waals surface area contributed by atoms with Crippen LogP contribution in [0.1, 0.15) is 24.0 Å². The number of methoxy groups -OCH3 is 1. The number of rotatable bonds is 9. The van der Waals surface area contributed by atoms with E-state index in [9.17, 15) is 8.42 Å². The topological polar surface area (TPSA) is 101 Å². The third-order valence-electron chi connectivity index (χ3n) is 5.08. The lowest BCUT2D eigenvalue weighted by Crippen LogP contribution is -2.36. The summed E-state index contributed by atoms with van der Waals surface area (Å²) in [6.45, 7) is 2.08. The molecule has 9 heteroatoms. The minimum absolute atomic E-state index is 0.0339. The number of hydrogen-bond acceptors (Lipinski definition) is 5. The first-order valence-electron chi connectivity index (χ1n) is 10.3. The number of guanidine groups is 1. The predicted octanol–water partition coefficient (Wildman–Crippen LogP) is 2.02. The van der Waals surface area contributed by atoms with Crippen molar-refractivity contribution in [2.24, 2.45) is 4.99 Å². The zero-order valence-corrected chi connectivity index (χ0v) is 18.7. The van der Waals surface area contributed by atoms with Gasteiger partial charge in [0.05, 0.1) is 18.1 Å². The molecule has 3 rings (SSSR count). The van der Waals surface area contributed by atoms with Crippen molar-refractivity contribution in [2.45, 2.75) is 36.9 Å². The third-order valence-corrected chi connectivity index (χ3v) is 6.52. The lowest BCUT2D eigenvalue weighted by Gasteiger charge is -2.14. The molecule has 3 N–H and O–H groups in total. The fourth-order valence-corrected chi connectivity index (χ4v) is 4.38. The van der Waals surface area contributed by atoms with E-state index < -0.39 is 10.0 Å². The van der Waals surface area contributed by atoms with Gasteiger partial charge in [0.15, 0.2) is 5.96 Å². The van der Waals surface area contributed by atoms with Gasteiger partial charge < -0.3 is 20.1 Å². The van der Waals surface area contributed by atoms with Gasteiger partial charge in [-0.25, -0.2) is 13.1 Å². The molecule has 31 heavy (non-hydrogen) atoms. The number of para-hydroxylation sites is 1. The molecule has 2 aromatic carbocycles. The average Bonchev–Trinajstić information content (AvgIpc) is 3.32. The van der Waals surface area contributed by atoms with Crippen LogP contribution in [-0.4, -0.2) is 47.8 Å². The van der Waals surface area contributed by atoms with Gasteiger partial charge >= 0.3 is 0 Å². The van der Waals surface area contributed by atoms with Crippen LogP contribution in [0.5, 0.6) is 5.75 Å². The average molecular weight is 447 g/mol. The first-order valence-corrected chi connectivity index (χ1v) is 11.8. The molecular formula is C22H30N4O4S. The molecule has 1 unspecified atom stereocenters. The van der Waals surface area contributed by atoms with Crippen LogP contribution in [-0.2, 0) is 27.8 Å². The molecule has 2 aromatic rings. The minimum atomic E-state index is -3.54. The van der Waals surface area contributed by atoms with Crippen LogP contribution in [0.15, 0.2) is 58.4 Å². The molecule has 0 saturated carbocycles. The van der Waals surface area contributed by atoms with Gasteiger partial charge in [0.2, 0.25) is 10.0 Å². The van der Waals surface area contributed by atoms with Gasteiger partial charge in [-0.1, -0.05) is 30.3 Å². The Morgan fingerprint density at radius 2 is 1.87 bits per heavy atom. The smallest absolute Gasteiger partial charge is 0.240 e. The van der Waals surface area contributed by atoms with Crippen molar-refractivity contribution < 1.29 is 17.9 Å². The Labute approximate surface area is 184 Å². The number of nitrogens with one attached hydrogen (secondary N) is 3. The Morgan fingerprint density at radius 1 is 1.13 bits per heavy atom.